The first-order chi connectivity index (χ1) is 14.9. The number of allylic oxidation sites excluding steroid dienone is 1. The zero-order valence-electron chi connectivity index (χ0n) is 18.5. The minimum absolute atomic E-state index is 0.0765. The molecule has 0 atom stereocenters. The van der Waals surface area contributed by atoms with Gasteiger partial charge in [-0.1, -0.05) is 43.8 Å². The zero-order valence-corrected chi connectivity index (χ0v) is 19.3. The highest BCUT2D eigenvalue weighted by Gasteiger charge is 2.15. The van der Waals surface area contributed by atoms with Crippen molar-refractivity contribution in [3.05, 3.63) is 66.7 Å². The fraction of sp³-hybridized carbons (Fsp3) is 0.292. The second-order valence-corrected chi connectivity index (χ2v) is 8.70. The first-order valence-corrected chi connectivity index (χ1v) is 11.2. The first-order valence-electron chi connectivity index (χ1n) is 10.2. The van der Waals surface area contributed by atoms with Crippen LogP contribution >= 0.6 is 11.8 Å². The van der Waals surface area contributed by atoms with Crippen LogP contribution in [0.5, 0.6) is 0 Å². The van der Waals surface area contributed by atoms with Crippen molar-refractivity contribution >= 4 is 29.0 Å². The lowest BCUT2D eigenvalue weighted by Crippen LogP contribution is -2.14. The van der Waals surface area contributed by atoms with Crippen molar-refractivity contribution in [2.24, 2.45) is 0 Å². The summed E-state index contributed by atoms with van der Waals surface area (Å²) in [4.78, 5) is 14.5. The van der Waals surface area contributed by atoms with Crippen LogP contribution in [0.4, 0.5) is 11.4 Å². The van der Waals surface area contributed by atoms with Gasteiger partial charge in [0.1, 0.15) is 0 Å². The molecule has 6 nitrogen and oxygen atoms in total. The highest BCUT2D eigenvalue weighted by atomic mass is 32.2. The summed E-state index contributed by atoms with van der Waals surface area (Å²) < 4.78 is 1.98. The van der Waals surface area contributed by atoms with Gasteiger partial charge in [-0.15, -0.1) is 16.8 Å². The molecule has 0 aliphatic rings. The summed E-state index contributed by atoms with van der Waals surface area (Å²) in [6.45, 7) is 8.71. The molecule has 7 heteroatoms. The number of carbonyl (C=O) groups excluding carboxylic acids is 1. The van der Waals surface area contributed by atoms with E-state index in [1.165, 1.54) is 17.3 Å². The van der Waals surface area contributed by atoms with Crippen LogP contribution in [0, 0.1) is 0 Å². The van der Waals surface area contributed by atoms with E-state index in [0.717, 1.165) is 22.8 Å². The summed E-state index contributed by atoms with van der Waals surface area (Å²) in [5.41, 5.74) is 4.13. The monoisotopic (exact) mass is 435 g/mol. The summed E-state index contributed by atoms with van der Waals surface area (Å²) in [6.07, 6.45) is 1.81. The number of carbonyl (C=O) groups is 1. The molecular formula is C24H29N5OS. The molecule has 0 fully saturated rings. The molecule has 1 amide bonds. The molecule has 2 aromatic carbocycles. The van der Waals surface area contributed by atoms with E-state index in [-0.39, 0.29) is 11.7 Å². The number of hydrogen-bond acceptors (Lipinski definition) is 5. The van der Waals surface area contributed by atoms with Crippen LogP contribution in [0.2, 0.25) is 0 Å². The van der Waals surface area contributed by atoms with Gasteiger partial charge in [-0.25, -0.2) is 0 Å². The van der Waals surface area contributed by atoms with Crippen LogP contribution in [0.1, 0.15) is 25.3 Å². The summed E-state index contributed by atoms with van der Waals surface area (Å²) in [5, 5.41) is 12.3. The molecule has 3 aromatic rings. The number of rotatable bonds is 9. The molecule has 0 spiro atoms. The summed E-state index contributed by atoms with van der Waals surface area (Å²) in [6, 6.07) is 16.1. The topological polar surface area (TPSA) is 63.1 Å². The van der Waals surface area contributed by atoms with Crippen molar-refractivity contribution in [3.8, 4) is 11.4 Å². The minimum atomic E-state index is -0.0765. The van der Waals surface area contributed by atoms with Gasteiger partial charge in [0.2, 0.25) is 5.91 Å². The van der Waals surface area contributed by atoms with E-state index in [2.05, 4.69) is 40.8 Å². The van der Waals surface area contributed by atoms with Crippen LogP contribution in [0.25, 0.3) is 11.4 Å². The number of nitrogens with zero attached hydrogens (tertiary/aromatic N) is 4. The predicted octanol–water partition coefficient (Wildman–Crippen LogP) is 5.05. The largest absolute Gasteiger partial charge is 0.378 e. The number of thioether (sulfide) groups is 1. The van der Waals surface area contributed by atoms with E-state index in [1.54, 1.807) is 0 Å². The van der Waals surface area contributed by atoms with Crippen molar-refractivity contribution in [2.75, 3.05) is 30.1 Å². The molecule has 162 valence electrons. The minimum Gasteiger partial charge on any atom is -0.378 e. The lowest BCUT2D eigenvalue weighted by Gasteiger charge is -2.13. The molecular weight excluding hydrogens is 406 g/mol. The van der Waals surface area contributed by atoms with Gasteiger partial charge in [-0.05, 0) is 47.9 Å². The lowest BCUT2D eigenvalue weighted by molar-refractivity contribution is -0.113. The molecule has 31 heavy (non-hydrogen) atoms. The van der Waals surface area contributed by atoms with E-state index in [4.69, 9.17) is 0 Å². The molecule has 1 aromatic heterocycles. The Morgan fingerprint density at radius 3 is 2.39 bits per heavy atom. The average molecular weight is 436 g/mol. The second kappa shape index (κ2) is 10.3. The lowest BCUT2D eigenvalue weighted by atomic mass is 10.0. The Balaban J connectivity index is 1.68. The summed E-state index contributed by atoms with van der Waals surface area (Å²) >= 11 is 1.37. The van der Waals surface area contributed by atoms with Gasteiger partial charge in [0, 0.05) is 37.6 Å². The average Bonchev–Trinajstić information content (AvgIpc) is 3.15. The molecule has 3 rings (SSSR count). The van der Waals surface area contributed by atoms with Crippen molar-refractivity contribution in [3.63, 3.8) is 0 Å². The van der Waals surface area contributed by atoms with Gasteiger partial charge in [-0.2, -0.15) is 0 Å². The Bertz CT molecular complexity index is 1020. The van der Waals surface area contributed by atoms with Gasteiger partial charge in [0.25, 0.3) is 0 Å². The van der Waals surface area contributed by atoms with Gasteiger partial charge >= 0.3 is 0 Å². The number of anilines is 2. The normalized spacial score (nSPS) is 10.9. The van der Waals surface area contributed by atoms with E-state index in [0.29, 0.717) is 17.6 Å². The Morgan fingerprint density at radius 2 is 1.81 bits per heavy atom. The van der Waals surface area contributed by atoms with Crippen molar-refractivity contribution in [2.45, 2.75) is 31.5 Å². The highest BCUT2D eigenvalue weighted by molar-refractivity contribution is 7.99. The number of amides is 1. The number of hydrogen-bond donors (Lipinski definition) is 1. The molecule has 1 heterocycles. The molecule has 0 saturated heterocycles. The number of benzene rings is 2. The predicted molar refractivity (Wildman–Crippen MR) is 130 cm³/mol. The third-order valence-electron chi connectivity index (χ3n) is 4.86. The van der Waals surface area contributed by atoms with Crippen LogP contribution in [0.15, 0.2) is 66.3 Å². The fourth-order valence-corrected chi connectivity index (χ4v) is 3.84. The van der Waals surface area contributed by atoms with Gasteiger partial charge in [0.05, 0.1) is 5.75 Å². The molecule has 0 bridgehead atoms. The molecule has 0 radical (unpaired) electrons. The van der Waals surface area contributed by atoms with Crippen LogP contribution in [0.3, 0.4) is 0 Å². The van der Waals surface area contributed by atoms with Crippen molar-refractivity contribution in [1.82, 2.24) is 14.8 Å². The molecule has 0 aliphatic heterocycles. The summed E-state index contributed by atoms with van der Waals surface area (Å²) in [7, 11) is 4.02. The quantitative estimate of drug-likeness (QED) is 0.376. The van der Waals surface area contributed by atoms with E-state index < -0.39 is 0 Å². The standard InChI is InChI=1S/C24H29N5OS/c1-6-15-29-23(19-9-13-21(14-10-19)28(4)5)26-27-24(29)31-16-22(30)25-20-11-7-18(8-12-20)17(2)3/h6-14,17H,1,15-16H2,2-5H3,(H,25,30). The number of nitrogens with one attached hydrogen (secondary N) is 1. The van der Waals surface area contributed by atoms with Crippen LogP contribution in [-0.2, 0) is 11.3 Å². The zero-order chi connectivity index (χ0) is 22.4. The van der Waals surface area contributed by atoms with E-state index in [1.807, 2.05) is 73.3 Å². The van der Waals surface area contributed by atoms with E-state index in [9.17, 15) is 4.79 Å². The molecule has 1 N–H and O–H groups in total. The van der Waals surface area contributed by atoms with Crippen LogP contribution < -0.4 is 10.2 Å². The molecule has 0 unspecified atom stereocenters. The Morgan fingerprint density at radius 1 is 1.13 bits per heavy atom. The maximum Gasteiger partial charge on any atom is 0.234 e. The van der Waals surface area contributed by atoms with Gasteiger partial charge in [-0.3, -0.25) is 9.36 Å². The van der Waals surface area contributed by atoms with Gasteiger partial charge < -0.3 is 10.2 Å². The number of aromatic nitrogens is 3. The SMILES string of the molecule is C=CCn1c(SCC(=O)Nc2ccc(C(C)C)cc2)nnc1-c1ccc(N(C)C)cc1. The second-order valence-electron chi connectivity index (χ2n) is 7.76. The van der Waals surface area contributed by atoms with Crippen LogP contribution in [-0.4, -0.2) is 40.5 Å². The van der Waals surface area contributed by atoms with Crippen molar-refractivity contribution < 1.29 is 4.79 Å². The third kappa shape index (κ3) is 5.76. The Labute approximate surface area is 188 Å². The first kappa shape index (κ1) is 22.6. The van der Waals surface area contributed by atoms with E-state index >= 15 is 0 Å². The third-order valence-corrected chi connectivity index (χ3v) is 5.83. The highest BCUT2D eigenvalue weighted by Crippen LogP contribution is 2.26. The Kier molecular flexibility index (Phi) is 7.52. The Hall–Kier alpha value is -3.06. The maximum absolute atomic E-state index is 12.4. The maximum atomic E-state index is 12.4. The molecule has 0 aliphatic carbocycles. The fourth-order valence-electron chi connectivity index (χ4n) is 3.09. The van der Waals surface area contributed by atoms with Gasteiger partial charge in [0.15, 0.2) is 11.0 Å². The molecule has 0 saturated carbocycles. The summed E-state index contributed by atoms with van der Waals surface area (Å²) in [5.74, 6) is 1.40. The van der Waals surface area contributed by atoms with Crippen molar-refractivity contribution in [1.29, 1.82) is 0 Å². The smallest absolute Gasteiger partial charge is 0.234 e.